The number of aliphatic hydroxyl groups is 1. The van der Waals surface area contributed by atoms with Gasteiger partial charge in [-0.1, -0.05) is 30.7 Å². The lowest BCUT2D eigenvalue weighted by Crippen LogP contribution is -2.43. The fourth-order valence-electron chi connectivity index (χ4n) is 2.82. The van der Waals surface area contributed by atoms with Crippen LogP contribution in [0.4, 0.5) is 0 Å². The summed E-state index contributed by atoms with van der Waals surface area (Å²) in [7, 11) is 0. The van der Waals surface area contributed by atoms with Crippen LogP contribution >= 0.6 is 0 Å². The van der Waals surface area contributed by atoms with E-state index < -0.39 is 17.0 Å². The van der Waals surface area contributed by atoms with Gasteiger partial charge in [-0.15, -0.1) is 0 Å². The van der Waals surface area contributed by atoms with Crippen LogP contribution in [0.3, 0.4) is 0 Å². The predicted molar refractivity (Wildman–Crippen MR) is 62.7 cm³/mol. The first-order valence-corrected chi connectivity index (χ1v) is 6.14. The second-order valence-electron chi connectivity index (χ2n) is 5.32. The zero-order valence-electron chi connectivity index (χ0n) is 9.65. The van der Waals surface area contributed by atoms with Crippen LogP contribution in [0.2, 0.25) is 0 Å². The molecule has 3 nitrogen and oxygen atoms in total. The first kappa shape index (κ1) is 10.8. The first-order chi connectivity index (χ1) is 8.08. The van der Waals surface area contributed by atoms with Crippen molar-refractivity contribution in [1.29, 1.82) is 0 Å². The maximum atomic E-state index is 11.5. The molecule has 0 amide bonds. The van der Waals surface area contributed by atoms with Gasteiger partial charge in [-0.25, -0.2) is 0 Å². The van der Waals surface area contributed by atoms with Crippen LogP contribution < -0.4 is 0 Å². The molecule has 2 N–H and O–H groups in total. The van der Waals surface area contributed by atoms with Crippen LogP contribution in [0.5, 0.6) is 0 Å². The lowest BCUT2D eigenvalue weighted by Gasteiger charge is -2.40. The van der Waals surface area contributed by atoms with Gasteiger partial charge in [0.2, 0.25) is 0 Å². The number of benzene rings is 1. The molecule has 2 aliphatic carbocycles. The topological polar surface area (TPSA) is 57.5 Å². The van der Waals surface area contributed by atoms with Gasteiger partial charge in [-0.05, 0) is 36.8 Å². The quantitative estimate of drug-likeness (QED) is 0.839. The van der Waals surface area contributed by atoms with Gasteiger partial charge in [-0.2, -0.15) is 0 Å². The Bertz CT molecular complexity index is 470. The molecule has 0 aliphatic heterocycles. The molecule has 2 fully saturated rings. The Morgan fingerprint density at radius 1 is 1.06 bits per heavy atom. The van der Waals surface area contributed by atoms with Crippen LogP contribution in [-0.2, 0) is 15.8 Å². The van der Waals surface area contributed by atoms with Crippen LogP contribution in [0.25, 0.3) is 0 Å². The molecular weight excluding hydrogens is 216 g/mol. The van der Waals surface area contributed by atoms with E-state index in [4.69, 9.17) is 0 Å². The van der Waals surface area contributed by atoms with Gasteiger partial charge in [0.15, 0.2) is 0 Å². The molecule has 0 atom stereocenters. The van der Waals surface area contributed by atoms with Crippen molar-refractivity contribution in [2.24, 2.45) is 0 Å². The monoisotopic (exact) mass is 232 g/mol. The van der Waals surface area contributed by atoms with E-state index in [1.807, 2.05) is 24.3 Å². The Labute approximate surface area is 100 Å². The first-order valence-electron chi connectivity index (χ1n) is 6.14. The molecule has 1 aromatic carbocycles. The van der Waals surface area contributed by atoms with E-state index in [0.717, 1.165) is 30.4 Å². The largest absolute Gasteiger partial charge is 0.481 e. The van der Waals surface area contributed by atoms with E-state index in [1.165, 1.54) is 0 Å². The number of carboxylic acid groups (broad SMARTS) is 1. The highest BCUT2D eigenvalue weighted by Gasteiger charge is 2.52. The summed E-state index contributed by atoms with van der Waals surface area (Å²) in [4.78, 5) is 11.5. The molecule has 2 aliphatic rings. The summed E-state index contributed by atoms with van der Waals surface area (Å²) in [5.41, 5.74) is 0.171. The zero-order chi connectivity index (χ0) is 12.1. The molecule has 0 heterocycles. The Morgan fingerprint density at radius 2 is 1.65 bits per heavy atom. The summed E-state index contributed by atoms with van der Waals surface area (Å²) in [5.74, 6) is -0.750. The minimum absolute atomic E-state index is 0.690. The van der Waals surface area contributed by atoms with Crippen molar-refractivity contribution in [3.05, 3.63) is 35.4 Å². The average molecular weight is 232 g/mol. The van der Waals surface area contributed by atoms with E-state index >= 15 is 0 Å². The minimum atomic E-state index is -0.755. The highest BCUT2D eigenvalue weighted by atomic mass is 16.4. The van der Waals surface area contributed by atoms with E-state index in [9.17, 15) is 15.0 Å². The third kappa shape index (κ3) is 1.42. The summed E-state index contributed by atoms with van der Waals surface area (Å²) < 4.78 is 0. The highest BCUT2D eigenvalue weighted by Crippen LogP contribution is 2.52. The molecule has 0 spiro atoms. The fraction of sp³-hybridized carbons (Fsp3) is 0.500. The Morgan fingerprint density at radius 3 is 2.06 bits per heavy atom. The molecular formula is C14H16O3. The lowest BCUT2D eigenvalue weighted by atomic mass is 9.63. The van der Waals surface area contributed by atoms with Gasteiger partial charge in [-0.3, -0.25) is 4.79 Å². The molecule has 3 heteroatoms. The third-order valence-electron chi connectivity index (χ3n) is 4.28. The van der Waals surface area contributed by atoms with E-state index in [-0.39, 0.29) is 0 Å². The second-order valence-corrected chi connectivity index (χ2v) is 5.32. The van der Waals surface area contributed by atoms with Gasteiger partial charge in [0.1, 0.15) is 0 Å². The Hall–Kier alpha value is -1.35. The number of aliphatic carboxylic acids is 1. The van der Waals surface area contributed by atoms with Gasteiger partial charge >= 0.3 is 5.97 Å². The summed E-state index contributed by atoms with van der Waals surface area (Å²) in [6.07, 6.45) is 3.84. The molecule has 1 aromatic rings. The third-order valence-corrected chi connectivity index (χ3v) is 4.28. The predicted octanol–water partition coefficient (Wildman–Crippen LogP) is 2.17. The molecule has 0 radical (unpaired) electrons. The Balaban J connectivity index is 2.11. The minimum Gasteiger partial charge on any atom is -0.481 e. The summed E-state index contributed by atoms with van der Waals surface area (Å²) >= 11 is 0. The van der Waals surface area contributed by atoms with E-state index in [0.29, 0.717) is 12.8 Å². The molecule has 3 rings (SSSR count). The van der Waals surface area contributed by atoms with Crippen LogP contribution in [0.1, 0.15) is 43.2 Å². The average Bonchev–Trinajstić information content (AvgIpc) is 2.96. The van der Waals surface area contributed by atoms with Crippen molar-refractivity contribution in [2.75, 3.05) is 0 Å². The summed E-state index contributed by atoms with van der Waals surface area (Å²) in [5, 5.41) is 19.7. The molecule has 90 valence electrons. The van der Waals surface area contributed by atoms with Crippen molar-refractivity contribution >= 4 is 5.97 Å². The van der Waals surface area contributed by atoms with Crippen molar-refractivity contribution in [1.82, 2.24) is 0 Å². The number of rotatable bonds is 3. The van der Waals surface area contributed by atoms with E-state index in [2.05, 4.69) is 0 Å². The molecule has 0 aromatic heterocycles. The van der Waals surface area contributed by atoms with Gasteiger partial charge < -0.3 is 10.2 Å². The maximum Gasteiger partial charge on any atom is 0.314 e. The van der Waals surface area contributed by atoms with Crippen molar-refractivity contribution in [3.8, 4) is 0 Å². The molecule has 0 bridgehead atoms. The van der Waals surface area contributed by atoms with Crippen LogP contribution in [0.15, 0.2) is 24.3 Å². The zero-order valence-corrected chi connectivity index (χ0v) is 9.65. The van der Waals surface area contributed by atoms with Crippen molar-refractivity contribution in [3.63, 3.8) is 0 Å². The van der Waals surface area contributed by atoms with E-state index in [1.54, 1.807) is 0 Å². The van der Waals surface area contributed by atoms with Crippen LogP contribution in [0, 0.1) is 0 Å². The lowest BCUT2D eigenvalue weighted by molar-refractivity contribution is -0.147. The van der Waals surface area contributed by atoms with Gasteiger partial charge in [0.05, 0.1) is 11.0 Å². The SMILES string of the molecule is O=C(O)C1(c2ccccc2C2(O)CC2)CCC1. The van der Waals surface area contributed by atoms with Crippen LogP contribution in [-0.4, -0.2) is 16.2 Å². The number of hydrogen-bond donors (Lipinski definition) is 2. The van der Waals surface area contributed by atoms with Crippen molar-refractivity contribution < 1.29 is 15.0 Å². The Kier molecular flexibility index (Phi) is 2.11. The molecule has 2 saturated carbocycles. The number of hydrogen-bond acceptors (Lipinski definition) is 2. The summed E-state index contributed by atoms with van der Waals surface area (Å²) in [6.45, 7) is 0. The summed E-state index contributed by atoms with van der Waals surface area (Å²) in [6, 6.07) is 7.50. The fourth-order valence-corrected chi connectivity index (χ4v) is 2.82. The van der Waals surface area contributed by atoms with Gasteiger partial charge in [0.25, 0.3) is 0 Å². The molecule has 0 saturated heterocycles. The molecule has 0 unspecified atom stereocenters. The van der Waals surface area contributed by atoms with Gasteiger partial charge in [0, 0.05) is 0 Å². The van der Waals surface area contributed by atoms with Crippen molar-refractivity contribution in [2.45, 2.75) is 43.1 Å². The normalized spacial score (nSPS) is 23.8. The number of carbonyl (C=O) groups is 1. The maximum absolute atomic E-state index is 11.5. The second kappa shape index (κ2) is 3.33. The molecule has 17 heavy (non-hydrogen) atoms. The highest BCUT2D eigenvalue weighted by molar-refractivity contribution is 5.83. The number of carboxylic acids is 1. The smallest absolute Gasteiger partial charge is 0.314 e. The standard InChI is InChI=1S/C14H16O3/c15-12(16)13(6-3-7-13)10-4-1-2-5-11(10)14(17)8-9-14/h1-2,4-5,17H,3,6-9H2,(H,15,16).